The maximum absolute atomic E-state index is 14.0. The largest absolute Gasteiger partial charge is 0.494 e. The van der Waals surface area contributed by atoms with Gasteiger partial charge in [-0.15, -0.1) is 0 Å². The Morgan fingerprint density at radius 2 is 1.91 bits per heavy atom. The number of hydrogen-bond acceptors (Lipinski definition) is 4. The Morgan fingerprint density at radius 1 is 1.17 bits per heavy atom. The molecular formula is C28H35N3O4. The molecule has 2 aliphatic rings. The first-order chi connectivity index (χ1) is 16.9. The van der Waals surface area contributed by atoms with E-state index in [0.29, 0.717) is 24.4 Å². The summed E-state index contributed by atoms with van der Waals surface area (Å²) in [6.45, 7) is 6.91. The number of ether oxygens (including phenoxy) is 1. The second kappa shape index (κ2) is 9.44. The average molecular weight is 478 g/mol. The predicted octanol–water partition coefficient (Wildman–Crippen LogP) is 5.20. The van der Waals surface area contributed by atoms with Crippen molar-refractivity contribution < 1.29 is 18.7 Å². The molecule has 1 aliphatic carbocycles. The average Bonchev–Trinajstić information content (AvgIpc) is 3.23. The van der Waals surface area contributed by atoms with Crippen LogP contribution in [0.3, 0.4) is 0 Å². The second-order valence-corrected chi connectivity index (χ2v) is 10.1. The van der Waals surface area contributed by atoms with Crippen molar-refractivity contribution in [3.05, 3.63) is 53.4 Å². The summed E-state index contributed by atoms with van der Waals surface area (Å²) < 4.78 is 13.6. The fourth-order valence-electron chi connectivity index (χ4n) is 5.57. The van der Waals surface area contributed by atoms with E-state index in [1.165, 1.54) is 12.8 Å². The summed E-state index contributed by atoms with van der Waals surface area (Å²) in [5, 5.41) is 3.32. The number of hydrogen-bond donors (Lipinski definition) is 1. The molecule has 1 fully saturated rings. The maximum Gasteiger partial charge on any atom is 0.271 e. The summed E-state index contributed by atoms with van der Waals surface area (Å²) in [4.78, 5) is 29.6. The number of para-hydroxylation sites is 1. The first kappa shape index (κ1) is 23.5. The molecule has 0 bridgehead atoms. The molecule has 35 heavy (non-hydrogen) atoms. The zero-order chi connectivity index (χ0) is 24.6. The minimum atomic E-state index is -1.06. The SMILES string of the molecule is CCOc1ccccc1CN1C(=O)c2cc3oc(C)cc3n2C[C@@]1(C)C(=O)NC1CCCCCC1. The quantitative estimate of drug-likeness (QED) is 0.496. The van der Waals surface area contributed by atoms with Gasteiger partial charge in [-0.05, 0) is 39.7 Å². The van der Waals surface area contributed by atoms with E-state index < -0.39 is 5.54 Å². The van der Waals surface area contributed by atoms with Crippen LogP contribution >= 0.6 is 0 Å². The van der Waals surface area contributed by atoms with Gasteiger partial charge in [0, 0.05) is 23.7 Å². The molecule has 2 amide bonds. The summed E-state index contributed by atoms with van der Waals surface area (Å²) in [6, 6.07) is 11.6. The van der Waals surface area contributed by atoms with Crippen LogP contribution in [0.5, 0.6) is 5.75 Å². The molecule has 0 saturated heterocycles. The Morgan fingerprint density at radius 3 is 2.66 bits per heavy atom. The summed E-state index contributed by atoms with van der Waals surface area (Å²) in [5.41, 5.74) is 1.90. The smallest absolute Gasteiger partial charge is 0.271 e. The molecule has 1 saturated carbocycles. The fraction of sp³-hybridized carbons (Fsp3) is 0.500. The highest BCUT2D eigenvalue weighted by Crippen LogP contribution is 2.36. The fourth-order valence-corrected chi connectivity index (χ4v) is 5.57. The van der Waals surface area contributed by atoms with Crippen LogP contribution in [0.4, 0.5) is 0 Å². The summed E-state index contributed by atoms with van der Waals surface area (Å²) in [5.74, 6) is 1.25. The van der Waals surface area contributed by atoms with Crippen LogP contribution in [-0.2, 0) is 17.9 Å². The minimum Gasteiger partial charge on any atom is -0.494 e. The third-order valence-corrected chi connectivity index (χ3v) is 7.52. The molecule has 2 aromatic heterocycles. The van der Waals surface area contributed by atoms with Crippen LogP contribution < -0.4 is 10.1 Å². The third-order valence-electron chi connectivity index (χ3n) is 7.52. The lowest BCUT2D eigenvalue weighted by atomic mass is 9.92. The summed E-state index contributed by atoms with van der Waals surface area (Å²) >= 11 is 0. The third kappa shape index (κ3) is 4.32. The second-order valence-electron chi connectivity index (χ2n) is 10.1. The molecule has 0 radical (unpaired) electrons. The molecular weight excluding hydrogens is 442 g/mol. The lowest BCUT2D eigenvalue weighted by Gasteiger charge is -2.44. The highest BCUT2D eigenvalue weighted by Gasteiger charge is 2.48. The number of nitrogens with zero attached hydrogens (tertiary/aromatic N) is 2. The standard InChI is InChI=1S/C28H35N3O4/c1-4-34-24-14-10-9-11-20(24)17-31-26(32)23-16-25-22(15-19(2)35-25)30(23)18-28(31,3)27(33)29-21-12-7-5-6-8-13-21/h9-11,14-16,21H,4-8,12-13,17-18H2,1-3H3,(H,29,33)/t28-/m0/s1. The highest BCUT2D eigenvalue weighted by molar-refractivity contribution is 6.03. The number of rotatable bonds is 6. The lowest BCUT2D eigenvalue weighted by molar-refractivity contribution is -0.134. The number of aryl methyl sites for hydroxylation is 1. The minimum absolute atomic E-state index is 0.0978. The van der Waals surface area contributed by atoms with Crippen LogP contribution in [0.2, 0.25) is 0 Å². The molecule has 1 aliphatic heterocycles. The molecule has 0 spiro atoms. The van der Waals surface area contributed by atoms with E-state index in [1.54, 1.807) is 11.0 Å². The van der Waals surface area contributed by atoms with Crippen molar-refractivity contribution in [3.8, 4) is 5.75 Å². The van der Waals surface area contributed by atoms with E-state index >= 15 is 0 Å². The summed E-state index contributed by atoms with van der Waals surface area (Å²) in [7, 11) is 0. The van der Waals surface area contributed by atoms with Crippen LogP contribution in [0, 0.1) is 6.92 Å². The van der Waals surface area contributed by atoms with Crippen LogP contribution in [0.1, 0.15) is 74.2 Å². The van der Waals surface area contributed by atoms with Gasteiger partial charge in [0.15, 0.2) is 5.58 Å². The molecule has 3 heterocycles. The van der Waals surface area contributed by atoms with Gasteiger partial charge in [0.05, 0.1) is 25.2 Å². The zero-order valence-electron chi connectivity index (χ0n) is 20.9. The number of amides is 2. The predicted molar refractivity (Wildman–Crippen MR) is 134 cm³/mol. The van der Waals surface area contributed by atoms with E-state index in [9.17, 15) is 9.59 Å². The molecule has 7 nitrogen and oxygen atoms in total. The van der Waals surface area contributed by atoms with Gasteiger partial charge in [0.2, 0.25) is 5.91 Å². The van der Waals surface area contributed by atoms with Gasteiger partial charge in [0.25, 0.3) is 5.91 Å². The van der Waals surface area contributed by atoms with Crippen molar-refractivity contribution in [2.75, 3.05) is 6.61 Å². The van der Waals surface area contributed by atoms with Crippen LogP contribution in [0.25, 0.3) is 11.1 Å². The van der Waals surface area contributed by atoms with Crippen molar-refractivity contribution >= 4 is 22.9 Å². The Labute approximate surface area is 206 Å². The monoisotopic (exact) mass is 477 g/mol. The molecule has 7 heteroatoms. The molecule has 1 N–H and O–H groups in total. The van der Waals surface area contributed by atoms with Crippen LogP contribution in [-0.4, -0.2) is 39.5 Å². The van der Waals surface area contributed by atoms with Crippen molar-refractivity contribution in [1.82, 2.24) is 14.8 Å². The number of nitrogens with one attached hydrogen (secondary N) is 1. The number of benzene rings is 1. The first-order valence-corrected chi connectivity index (χ1v) is 12.8. The van der Waals surface area contributed by atoms with Crippen LogP contribution in [0.15, 0.2) is 40.8 Å². The van der Waals surface area contributed by atoms with Gasteiger partial charge >= 0.3 is 0 Å². The molecule has 3 aromatic rings. The van der Waals surface area contributed by atoms with Gasteiger partial charge in [0.1, 0.15) is 22.7 Å². The highest BCUT2D eigenvalue weighted by atomic mass is 16.5. The molecule has 0 unspecified atom stereocenters. The van der Waals surface area contributed by atoms with Crippen molar-refractivity contribution in [2.45, 2.75) is 84.0 Å². The normalized spacial score (nSPS) is 21.1. The summed E-state index contributed by atoms with van der Waals surface area (Å²) in [6.07, 6.45) is 6.66. The number of aromatic nitrogens is 1. The molecule has 1 atom stereocenters. The molecule has 1 aromatic carbocycles. The van der Waals surface area contributed by atoms with Crippen molar-refractivity contribution in [2.24, 2.45) is 0 Å². The van der Waals surface area contributed by atoms with E-state index in [0.717, 1.165) is 48.3 Å². The van der Waals surface area contributed by atoms with E-state index in [2.05, 4.69) is 5.32 Å². The Bertz CT molecular complexity index is 1230. The number of fused-ring (bicyclic) bond motifs is 3. The first-order valence-electron chi connectivity index (χ1n) is 12.8. The van der Waals surface area contributed by atoms with Gasteiger partial charge in [-0.25, -0.2) is 0 Å². The number of furan rings is 1. The van der Waals surface area contributed by atoms with Gasteiger partial charge in [-0.2, -0.15) is 0 Å². The zero-order valence-corrected chi connectivity index (χ0v) is 20.9. The number of carbonyl (C=O) groups excluding carboxylic acids is 2. The Kier molecular flexibility index (Phi) is 6.34. The van der Waals surface area contributed by atoms with E-state index in [1.807, 2.05) is 55.7 Å². The lowest BCUT2D eigenvalue weighted by Crippen LogP contribution is -2.64. The van der Waals surface area contributed by atoms with Crippen molar-refractivity contribution in [3.63, 3.8) is 0 Å². The van der Waals surface area contributed by atoms with Gasteiger partial charge in [-0.3, -0.25) is 9.59 Å². The van der Waals surface area contributed by atoms with E-state index in [4.69, 9.17) is 9.15 Å². The van der Waals surface area contributed by atoms with Gasteiger partial charge < -0.3 is 23.9 Å². The molecule has 5 rings (SSSR count). The molecule has 186 valence electrons. The number of carbonyl (C=O) groups is 2. The van der Waals surface area contributed by atoms with Crippen molar-refractivity contribution in [1.29, 1.82) is 0 Å². The Hall–Kier alpha value is -3.22. The van der Waals surface area contributed by atoms with Gasteiger partial charge in [-0.1, -0.05) is 43.9 Å². The topological polar surface area (TPSA) is 76.7 Å². The van der Waals surface area contributed by atoms with E-state index in [-0.39, 0.29) is 24.4 Å². The Balaban J connectivity index is 1.54. The maximum atomic E-state index is 14.0.